The van der Waals surface area contributed by atoms with Crippen LogP contribution in [0.1, 0.15) is 56.4 Å². The molecule has 1 aromatic heterocycles. The number of rotatable bonds is 9. The molecule has 1 aliphatic carbocycles. The third-order valence-electron chi connectivity index (χ3n) is 5.49. The van der Waals surface area contributed by atoms with Crippen molar-refractivity contribution in [1.82, 2.24) is 20.0 Å². The number of aryl methyl sites for hydroxylation is 2. The standard InChI is InChI=1S/C23H34N4O/c1-19(2)26(16-20-10-5-3-6-11-20)15-9-14-24-23(28)18-27-17-21-12-7-4-8-13-22(21)25-27/h3,5-6,10-11,17,19H,4,7-9,12-16,18H2,1-2H3,(H,24,28). The van der Waals surface area contributed by atoms with Crippen molar-refractivity contribution < 1.29 is 4.79 Å². The van der Waals surface area contributed by atoms with Gasteiger partial charge in [-0.3, -0.25) is 14.4 Å². The van der Waals surface area contributed by atoms with Crippen LogP contribution in [0, 0.1) is 0 Å². The molecule has 0 fully saturated rings. The molecule has 1 N–H and O–H groups in total. The molecule has 2 aromatic rings. The number of benzene rings is 1. The Kier molecular flexibility index (Phi) is 7.66. The molecule has 1 aromatic carbocycles. The van der Waals surface area contributed by atoms with Gasteiger partial charge in [-0.15, -0.1) is 0 Å². The second kappa shape index (κ2) is 10.4. The van der Waals surface area contributed by atoms with Gasteiger partial charge in [0.15, 0.2) is 0 Å². The number of carbonyl (C=O) groups is 1. The van der Waals surface area contributed by atoms with E-state index in [1.54, 1.807) is 0 Å². The summed E-state index contributed by atoms with van der Waals surface area (Å²) in [5, 5.41) is 7.68. The van der Waals surface area contributed by atoms with Crippen LogP contribution in [0.15, 0.2) is 36.5 Å². The Balaban J connectivity index is 1.39. The van der Waals surface area contributed by atoms with E-state index in [4.69, 9.17) is 0 Å². The Bertz CT molecular complexity index is 715. The fourth-order valence-electron chi connectivity index (χ4n) is 3.84. The molecular weight excluding hydrogens is 348 g/mol. The molecule has 0 unspecified atom stereocenters. The topological polar surface area (TPSA) is 50.2 Å². The van der Waals surface area contributed by atoms with Gasteiger partial charge in [-0.1, -0.05) is 36.8 Å². The number of amides is 1. The molecule has 0 bridgehead atoms. The summed E-state index contributed by atoms with van der Waals surface area (Å²) >= 11 is 0. The zero-order valence-corrected chi connectivity index (χ0v) is 17.4. The molecule has 28 heavy (non-hydrogen) atoms. The first-order valence-electron chi connectivity index (χ1n) is 10.7. The van der Waals surface area contributed by atoms with Crippen LogP contribution >= 0.6 is 0 Å². The molecule has 1 aliphatic rings. The van der Waals surface area contributed by atoms with Gasteiger partial charge in [-0.05, 0) is 57.1 Å². The van der Waals surface area contributed by atoms with Gasteiger partial charge in [0.05, 0.1) is 5.69 Å². The Labute approximate surface area is 169 Å². The van der Waals surface area contributed by atoms with Crippen LogP contribution in [0.3, 0.4) is 0 Å². The van der Waals surface area contributed by atoms with Crippen LogP contribution in [-0.4, -0.2) is 39.7 Å². The maximum Gasteiger partial charge on any atom is 0.241 e. The van der Waals surface area contributed by atoms with Gasteiger partial charge in [0, 0.05) is 31.9 Å². The lowest BCUT2D eigenvalue weighted by atomic mass is 10.1. The van der Waals surface area contributed by atoms with Gasteiger partial charge < -0.3 is 5.32 Å². The zero-order chi connectivity index (χ0) is 19.8. The van der Waals surface area contributed by atoms with E-state index in [9.17, 15) is 4.79 Å². The number of fused-ring (bicyclic) bond motifs is 1. The highest BCUT2D eigenvalue weighted by molar-refractivity contribution is 5.75. The summed E-state index contributed by atoms with van der Waals surface area (Å²) in [6.45, 7) is 7.41. The van der Waals surface area contributed by atoms with Gasteiger partial charge in [-0.2, -0.15) is 5.10 Å². The molecule has 3 rings (SSSR count). The second-order valence-corrected chi connectivity index (χ2v) is 8.11. The van der Waals surface area contributed by atoms with Crippen molar-refractivity contribution in [2.75, 3.05) is 13.1 Å². The molecule has 5 heteroatoms. The van der Waals surface area contributed by atoms with E-state index in [1.807, 2.05) is 4.68 Å². The lowest BCUT2D eigenvalue weighted by Crippen LogP contribution is -2.34. The molecule has 1 amide bonds. The monoisotopic (exact) mass is 382 g/mol. The predicted octanol–water partition coefficient (Wildman–Crippen LogP) is 3.57. The molecule has 0 saturated carbocycles. The van der Waals surface area contributed by atoms with Crippen LogP contribution in [-0.2, 0) is 30.7 Å². The van der Waals surface area contributed by atoms with Crippen LogP contribution in [0.2, 0.25) is 0 Å². The summed E-state index contributed by atoms with van der Waals surface area (Å²) in [6.07, 6.45) is 8.91. The molecular formula is C23H34N4O. The maximum atomic E-state index is 12.3. The molecule has 0 atom stereocenters. The number of aromatic nitrogens is 2. The van der Waals surface area contributed by atoms with Crippen molar-refractivity contribution in [3.8, 4) is 0 Å². The van der Waals surface area contributed by atoms with Gasteiger partial charge in [0.2, 0.25) is 5.91 Å². The first kappa shape index (κ1) is 20.6. The van der Waals surface area contributed by atoms with Crippen molar-refractivity contribution in [2.45, 2.75) is 71.5 Å². The van der Waals surface area contributed by atoms with E-state index < -0.39 is 0 Å². The average molecular weight is 383 g/mol. The van der Waals surface area contributed by atoms with Crippen molar-refractivity contribution in [3.63, 3.8) is 0 Å². The number of hydrogen-bond donors (Lipinski definition) is 1. The molecule has 152 valence electrons. The highest BCUT2D eigenvalue weighted by atomic mass is 16.2. The minimum Gasteiger partial charge on any atom is -0.354 e. The maximum absolute atomic E-state index is 12.3. The Morgan fingerprint density at radius 3 is 2.75 bits per heavy atom. The van der Waals surface area contributed by atoms with Gasteiger partial charge >= 0.3 is 0 Å². The summed E-state index contributed by atoms with van der Waals surface area (Å²) in [5.41, 5.74) is 3.86. The zero-order valence-electron chi connectivity index (χ0n) is 17.4. The van der Waals surface area contributed by atoms with Gasteiger partial charge in [0.1, 0.15) is 6.54 Å². The summed E-state index contributed by atoms with van der Waals surface area (Å²) in [6, 6.07) is 11.0. The van der Waals surface area contributed by atoms with Crippen LogP contribution in [0.5, 0.6) is 0 Å². The largest absolute Gasteiger partial charge is 0.354 e. The molecule has 0 saturated heterocycles. The summed E-state index contributed by atoms with van der Waals surface area (Å²) < 4.78 is 1.82. The average Bonchev–Trinajstić information content (AvgIpc) is 2.92. The smallest absolute Gasteiger partial charge is 0.241 e. The van der Waals surface area contributed by atoms with E-state index in [0.29, 0.717) is 19.1 Å². The van der Waals surface area contributed by atoms with E-state index in [0.717, 1.165) is 32.4 Å². The minimum absolute atomic E-state index is 0.0526. The van der Waals surface area contributed by atoms with Crippen molar-refractivity contribution in [3.05, 3.63) is 53.3 Å². The fourth-order valence-corrected chi connectivity index (χ4v) is 3.84. The SMILES string of the molecule is CC(C)N(CCCNC(=O)Cn1cc2c(n1)CCCCC2)Cc1ccccc1. The number of carbonyl (C=O) groups excluding carboxylic acids is 1. The third-order valence-corrected chi connectivity index (χ3v) is 5.49. The number of nitrogens with one attached hydrogen (secondary N) is 1. The molecule has 1 heterocycles. The molecule has 0 aliphatic heterocycles. The van der Waals surface area contributed by atoms with Crippen molar-refractivity contribution >= 4 is 5.91 Å². The Morgan fingerprint density at radius 1 is 1.18 bits per heavy atom. The van der Waals surface area contributed by atoms with Crippen LogP contribution in [0.25, 0.3) is 0 Å². The molecule has 0 spiro atoms. The molecule has 5 nitrogen and oxygen atoms in total. The lowest BCUT2D eigenvalue weighted by Gasteiger charge is -2.26. The second-order valence-electron chi connectivity index (χ2n) is 8.11. The minimum atomic E-state index is 0.0526. The van der Waals surface area contributed by atoms with E-state index in [1.165, 1.54) is 36.1 Å². The highest BCUT2D eigenvalue weighted by Gasteiger charge is 2.14. The van der Waals surface area contributed by atoms with Crippen molar-refractivity contribution in [2.24, 2.45) is 0 Å². The predicted molar refractivity (Wildman–Crippen MR) is 113 cm³/mol. The van der Waals surface area contributed by atoms with Gasteiger partial charge in [0.25, 0.3) is 0 Å². The summed E-state index contributed by atoms with van der Waals surface area (Å²) in [4.78, 5) is 14.7. The van der Waals surface area contributed by atoms with E-state index in [-0.39, 0.29) is 5.91 Å². The first-order chi connectivity index (χ1) is 13.6. The summed E-state index contributed by atoms with van der Waals surface area (Å²) in [5.74, 6) is 0.0526. The fraction of sp³-hybridized carbons (Fsp3) is 0.565. The van der Waals surface area contributed by atoms with Gasteiger partial charge in [-0.25, -0.2) is 0 Å². The quantitative estimate of drug-likeness (QED) is 0.533. The van der Waals surface area contributed by atoms with E-state index >= 15 is 0 Å². The summed E-state index contributed by atoms with van der Waals surface area (Å²) in [7, 11) is 0. The lowest BCUT2D eigenvalue weighted by molar-refractivity contribution is -0.121. The number of nitrogens with zero attached hydrogens (tertiary/aromatic N) is 3. The highest BCUT2D eigenvalue weighted by Crippen LogP contribution is 2.18. The van der Waals surface area contributed by atoms with Crippen LogP contribution < -0.4 is 5.32 Å². The first-order valence-corrected chi connectivity index (χ1v) is 10.7. The van der Waals surface area contributed by atoms with Crippen molar-refractivity contribution in [1.29, 1.82) is 0 Å². The third kappa shape index (κ3) is 6.20. The number of hydrogen-bond acceptors (Lipinski definition) is 3. The Hall–Kier alpha value is -2.14. The normalized spacial score (nSPS) is 14.1. The Morgan fingerprint density at radius 2 is 1.96 bits per heavy atom. The van der Waals surface area contributed by atoms with Crippen LogP contribution in [0.4, 0.5) is 0 Å². The molecule has 0 radical (unpaired) electrons. The van der Waals surface area contributed by atoms with E-state index in [2.05, 4.69) is 65.7 Å².